The predicted molar refractivity (Wildman–Crippen MR) is 103 cm³/mol. The van der Waals surface area contributed by atoms with Crippen molar-refractivity contribution >= 4 is 11.9 Å². The van der Waals surface area contributed by atoms with Crippen LogP contribution in [-0.2, 0) is 11.3 Å². The number of carbonyl (C=O) groups is 2. The SMILES string of the molecule is CC(C)[C@H]1CN(C(=O)N2CCCCC2)CCC(=O)N1Cc1ccc(F)cc1. The van der Waals surface area contributed by atoms with Crippen LogP contribution in [0.5, 0.6) is 0 Å². The minimum absolute atomic E-state index is 0.0428. The summed E-state index contributed by atoms with van der Waals surface area (Å²) in [7, 11) is 0. The highest BCUT2D eigenvalue weighted by Gasteiger charge is 2.34. The molecule has 1 aromatic carbocycles. The molecule has 1 aromatic rings. The molecule has 27 heavy (non-hydrogen) atoms. The Bertz CT molecular complexity index is 656. The fraction of sp³-hybridized carbons (Fsp3) is 0.619. The van der Waals surface area contributed by atoms with Gasteiger partial charge in [0.1, 0.15) is 5.82 Å². The van der Waals surface area contributed by atoms with Crippen LogP contribution < -0.4 is 0 Å². The monoisotopic (exact) mass is 375 g/mol. The lowest BCUT2D eigenvalue weighted by molar-refractivity contribution is -0.134. The zero-order valence-electron chi connectivity index (χ0n) is 16.4. The third-order valence-corrected chi connectivity index (χ3v) is 5.66. The van der Waals surface area contributed by atoms with Crippen LogP contribution in [0.3, 0.4) is 0 Å². The standard InChI is InChI=1S/C21H30FN3O2/c1-16(2)19-15-24(21(27)23-11-4-3-5-12-23)13-10-20(26)25(19)14-17-6-8-18(22)9-7-17/h6-9,16,19H,3-5,10-15H2,1-2H3/t19-/m1/s1. The van der Waals surface area contributed by atoms with Gasteiger partial charge in [-0.1, -0.05) is 26.0 Å². The second-order valence-corrected chi connectivity index (χ2v) is 7.99. The van der Waals surface area contributed by atoms with Crippen molar-refractivity contribution in [2.45, 2.75) is 52.1 Å². The van der Waals surface area contributed by atoms with E-state index in [1.165, 1.54) is 18.6 Å². The number of hydrogen-bond acceptors (Lipinski definition) is 2. The van der Waals surface area contributed by atoms with E-state index < -0.39 is 0 Å². The molecule has 0 saturated carbocycles. The lowest BCUT2D eigenvalue weighted by Gasteiger charge is -2.37. The van der Waals surface area contributed by atoms with Crippen molar-refractivity contribution in [3.05, 3.63) is 35.6 Å². The van der Waals surface area contributed by atoms with Gasteiger partial charge in [-0.05, 0) is 42.9 Å². The Hall–Kier alpha value is -2.11. The zero-order valence-corrected chi connectivity index (χ0v) is 16.4. The summed E-state index contributed by atoms with van der Waals surface area (Å²) in [6, 6.07) is 6.32. The van der Waals surface area contributed by atoms with E-state index in [1.807, 2.05) is 14.7 Å². The summed E-state index contributed by atoms with van der Waals surface area (Å²) in [5.74, 6) is 0.00998. The van der Waals surface area contributed by atoms with Crippen molar-refractivity contribution in [3.8, 4) is 0 Å². The molecule has 0 bridgehead atoms. The predicted octanol–water partition coefficient (Wildman–Crippen LogP) is 3.49. The van der Waals surface area contributed by atoms with Crippen LogP contribution in [0.15, 0.2) is 24.3 Å². The molecule has 3 rings (SSSR count). The number of benzene rings is 1. The Balaban J connectivity index is 1.75. The van der Waals surface area contributed by atoms with E-state index in [-0.39, 0.29) is 29.7 Å². The van der Waals surface area contributed by atoms with Crippen LogP contribution in [0.25, 0.3) is 0 Å². The average molecular weight is 375 g/mol. The van der Waals surface area contributed by atoms with Crippen molar-refractivity contribution < 1.29 is 14.0 Å². The fourth-order valence-corrected chi connectivity index (χ4v) is 4.00. The minimum Gasteiger partial charge on any atom is -0.333 e. The fourth-order valence-electron chi connectivity index (χ4n) is 4.00. The van der Waals surface area contributed by atoms with Crippen molar-refractivity contribution in [2.24, 2.45) is 5.92 Å². The van der Waals surface area contributed by atoms with Gasteiger partial charge >= 0.3 is 6.03 Å². The van der Waals surface area contributed by atoms with Crippen LogP contribution in [0.1, 0.15) is 45.1 Å². The maximum atomic E-state index is 13.2. The third kappa shape index (κ3) is 4.79. The lowest BCUT2D eigenvalue weighted by atomic mass is 10.0. The molecule has 6 heteroatoms. The Morgan fingerprint density at radius 2 is 1.74 bits per heavy atom. The van der Waals surface area contributed by atoms with Crippen LogP contribution in [0, 0.1) is 11.7 Å². The van der Waals surface area contributed by atoms with Crippen molar-refractivity contribution in [3.63, 3.8) is 0 Å². The number of urea groups is 1. The highest BCUT2D eigenvalue weighted by Crippen LogP contribution is 2.22. The molecule has 0 spiro atoms. The first-order chi connectivity index (χ1) is 13.0. The number of halogens is 1. The van der Waals surface area contributed by atoms with Crippen LogP contribution >= 0.6 is 0 Å². The van der Waals surface area contributed by atoms with E-state index in [4.69, 9.17) is 0 Å². The molecule has 0 unspecified atom stereocenters. The van der Waals surface area contributed by atoms with Gasteiger partial charge in [0.15, 0.2) is 0 Å². The van der Waals surface area contributed by atoms with Gasteiger partial charge in [0.2, 0.25) is 5.91 Å². The summed E-state index contributed by atoms with van der Waals surface area (Å²) in [4.78, 5) is 31.5. The van der Waals surface area contributed by atoms with E-state index in [2.05, 4.69) is 13.8 Å². The first-order valence-corrected chi connectivity index (χ1v) is 10.0. The van der Waals surface area contributed by atoms with Gasteiger partial charge < -0.3 is 14.7 Å². The van der Waals surface area contributed by atoms with E-state index in [0.717, 1.165) is 31.5 Å². The maximum absolute atomic E-state index is 13.2. The molecule has 148 valence electrons. The Kier molecular flexibility index (Phi) is 6.34. The maximum Gasteiger partial charge on any atom is 0.320 e. The molecule has 3 amide bonds. The number of nitrogens with zero attached hydrogens (tertiary/aromatic N) is 3. The van der Waals surface area contributed by atoms with E-state index in [0.29, 0.717) is 26.1 Å². The lowest BCUT2D eigenvalue weighted by Crippen LogP contribution is -2.50. The summed E-state index contributed by atoms with van der Waals surface area (Å²) >= 11 is 0. The molecule has 2 aliphatic heterocycles. The smallest absolute Gasteiger partial charge is 0.320 e. The zero-order chi connectivity index (χ0) is 19.4. The van der Waals surface area contributed by atoms with E-state index in [9.17, 15) is 14.0 Å². The summed E-state index contributed by atoms with van der Waals surface area (Å²) in [5.41, 5.74) is 0.909. The van der Waals surface area contributed by atoms with E-state index in [1.54, 1.807) is 12.1 Å². The first-order valence-electron chi connectivity index (χ1n) is 10.0. The normalized spacial score (nSPS) is 21.6. The second-order valence-electron chi connectivity index (χ2n) is 7.99. The van der Waals surface area contributed by atoms with Gasteiger partial charge in [-0.15, -0.1) is 0 Å². The number of likely N-dealkylation sites (tertiary alicyclic amines) is 1. The number of carbonyl (C=O) groups excluding carboxylic acids is 2. The highest BCUT2D eigenvalue weighted by molar-refractivity contribution is 5.80. The van der Waals surface area contributed by atoms with E-state index >= 15 is 0 Å². The summed E-state index contributed by atoms with van der Waals surface area (Å²) in [6.45, 7) is 7.28. The summed E-state index contributed by atoms with van der Waals surface area (Å²) < 4.78 is 13.2. The molecule has 5 nitrogen and oxygen atoms in total. The Labute approximate surface area is 161 Å². The van der Waals surface area contributed by atoms with Crippen LogP contribution in [0.4, 0.5) is 9.18 Å². The molecule has 0 aromatic heterocycles. The quantitative estimate of drug-likeness (QED) is 0.812. The molecule has 2 aliphatic rings. The van der Waals surface area contributed by atoms with Crippen LogP contribution in [0.2, 0.25) is 0 Å². The third-order valence-electron chi connectivity index (χ3n) is 5.66. The van der Waals surface area contributed by atoms with Crippen molar-refractivity contribution in [2.75, 3.05) is 26.2 Å². The molecule has 2 fully saturated rings. The van der Waals surface area contributed by atoms with Gasteiger partial charge in [0.25, 0.3) is 0 Å². The molecule has 1 atom stereocenters. The molecule has 2 saturated heterocycles. The van der Waals surface area contributed by atoms with Crippen LogP contribution in [-0.4, -0.2) is 58.9 Å². The van der Waals surface area contributed by atoms with Crippen molar-refractivity contribution in [1.82, 2.24) is 14.7 Å². The highest BCUT2D eigenvalue weighted by atomic mass is 19.1. The Morgan fingerprint density at radius 3 is 2.37 bits per heavy atom. The van der Waals surface area contributed by atoms with Gasteiger partial charge in [-0.25, -0.2) is 9.18 Å². The number of rotatable bonds is 3. The van der Waals surface area contributed by atoms with Gasteiger partial charge in [-0.3, -0.25) is 4.79 Å². The number of hydrogen-bond donors (Lipinski definition) is 0. The molecule has 0 N–H and O–H groups in total. The van der Waals surface area contributed by atoms with Gasteiger partial charge in [-0.2, -0.15) is 0 Å². The topological polar surface area (TPSA) is 43.9 Å². The summed E-state index contributed by atoms with van der Waals surface area (Å²) in [5, 5.41) is 0. The molecular weight excluding hydrogens is 345 g/mol. The first kappa shape index (κ1) is 19.6. The number of amides is 3. The molecule has 0 aliphatic carbocycles. The van der Waals surface area contributed by atoms with Crippen molar-refractivity contribution in [1.29, 1.82) is 0 Å². The molecular formula is C21H30FN3O2. The minimum atomic E-state index is -0.278. The number of piperidine rings is 1. The average Bonchev–Trinajstić information content (AvgIpc) is 2.83. The van der Waals surface area contributed by atoms with Gasteiger partial charge in [0.05, 0.1) is 6.04 Å². The molecule has 2 heterocycles. The molecule has 0 radical (unpaired) electrons. The second kappa shape index (κ2) is 8.72. The largest absolute Gasteiger partial charge is 0.333 e. The van der Waals surface area contributed by atoms with Gasteiger partial charge in [0, 0.05) is 39.1 Å². The Morgan fingerprint density at radius 1 is 1.07 bits per heavy atom. The summed E-state index contributed by atoms with van der Waals surface area (Å²) in [6.07, 6.45) is 3.64.